The molecule has 1 heterocycles. The molecule has 1 fully saturated rings. The zero-order valence-corrected chi connectivity index (χ0v) is 9.06. The summed E-state index contributed by atoms with van der Waals surface area (Å²) in [6, 6.07) is 0.818. The molecule has 0 aliphatic carbocycles. The van der Waals surface area contributed by atoms with Gasteiger partial charge in [0.05, 0.1) is 0 Å². The van der Waals surface area contributed by atoms with Gasteiger partial charge in [0.25, 0.3) is 0 Å². The Labute approximate surface area is 77.1 Å². The molecule has 1 saturated heterocycles. The summed E-state index contributed by atoms with van der Waals surface area (Å²) in [6.07, 6.45) is 4.23. The van der Waals surface area contributed by atoms with Crippen LogP contribution in [0.5, 0.6) is 0 Å². The highest BCUT2D eigenvalue weighted by Gasteiger charge is 2.22. The van der Waals surface area contributed by atoms with Crippen molar-refractivity contribution in [3.05, 3.63) is 0 Å². The van der Waals surface area contributed by atoms with Gasteiger partial charge in [0.15, 0.2) is 0 Å². The van der Waals surface area contributed by atoms with Crippen LogP contribution in [-0.4, -0.2) is 24.0 Å². The van der Waals surface area contributed by atoms with Crippen LogP contribution in [0.1, 0.15) is 47.0 Å². The molecule has 0 spiro atoms. The van der Waals surface area contributed by atoms with Crippen LogP contribution in [0.4, 0.5) is 0 Å². The maximum Gasteiger partial charge on any atom is 0.00671 e. The SMILES string of the molecule is C[C@@H]1CCCCN1CC(C)(C)C. The average Bonchev–Trinajstić information content (AvgIpc) is 1.91. The third-order valence-electron chi connectivity index (χ3n) is 2.62. The average molecular weight is 169 g/mol. The number of likely N-dealkylation sites (tertiary alicyclic amines) is 1. The van der Waals surface area contributed by atoms with Crippen molar-refractivity contribution in [1.29, 1.82) is 0 Å². The Morgan fingerprint density at radius 2 is 1.92 bits per heavy atom. The number of hydrogen-bond donors (Lipinski definition) is 0. The largest absolute Gasteiger partial charge is 0.300 e. The quantitative estimate of drug-likeness (QED) is 0.583. The highest BCUT2D eigenvalue weighted by atomic mass is 15.2. The molecule has 0 aromatic rings. The molecule has 1 aliphatic heterocycles. The molecule has 1 aliphatic rings. The summed E-state index contributed by atoms with van der Waals surface area (Å²) in [4.78, 5) is 2.64. The van der Waals surface area contributed by atoms with Gasteiger partial charge < -0.3 is 4.90 Å². The fourth-order valence-electron chi connectivity index (χ4n) is 2.00. The van der Waals surface area contributed by atoms with E-state index in [0.29, 0.717) is 5.41 Å². The molecule has 72 valence electrons. The zero-order chi connectivity index (χ0) is 9.19. The summed E-state index contributed by atoms with van der Waals surface area (Å²) < 4.78 is 0. The van der Waals surface area contributed by atoms with E-state index in [9.17, 15) is 0 Å². The van der Waals surface area contributed by atoms with Gasteiger partial charge in [-0.1, -0.05) is 27.2 Å². The van der Waals surface area contributed by atoms with E-state index in [4.69, 9.17) is 0 Å². The van der Waals surface area contributed by atoms with E-state index in [2.05, 4.69) is 32.6 Å². The van der Waals surface area contributed by atoms with Crippen LogP contribution < -0.4 is 0 Å². The molecular weight excluding hydrogens is 146 g/mol. The summed E-state index contributed by atoms with van der Waals surface area (Å²) in [6.45, 7) is 11.9. The standard InChI is InChI=1S/C11H23N/c1-10-7-5-6-8-12(10)9-11(2,3)4/h10H,5-9H2,1-4H3/t10-/m1/s1. The molecule has 0 bridgehead atoms. The summed E-state index contributed by atoms with van der Waals surface area (Å²) in [5.74, 6) is 0. The van der Waals surface area contributed by atoms with Gasteiger partial charge in [0.1, 0.15) is 0 Å². The lowest BCUT2D eigenvalue weighted by Gasteiger charge is -2.37. The van der Waals surface area contributed by atoms with Crippen LogP contribution >= 0.6 is 0 Å². The third kappa shape index (κ3) is 3.14. The topological polar surface area (TPSA) is 3.24 Å². The van der Waals surface area contributed by atoms with Crippen LogP contribution in [0.2, 0.25) is 0 Å². The molecule has 1 heteroatoms. The molecule has 1 nitrogen and oxygen atoms in total. The number of hydrogen-bond acceptors (Lipinski definition) is 1. The van der Waals surface area contributed by atoms with E-state index in [0.717, 1.165) is 6.04 Å². The monoisotopic (exact) mass is 169 g/mol. The van der Waals surface area contributed by atoms with Crippen LogP contribution in [0, 0.1) is 5.41 Å². The number of piperidine rings is 1. The maximum atomic E-state index is 2.64. The van der Waals surface area contributed by atoms with Gasteiger partial charge in [-0.2, -0.15) is 0 Å². The van der Waals surface area contributed by atoms with Crippen molar-refractivity contribution in [1.82, 2.24) is 4.90 Å². The number of rotatable bonds is 1. The molecule has 0 saturated carbocycles. The van der Waals surface area contributed by atoms with Gasteiger partial charge in [0.2, 0.25) is 0 Å². The van der Waals surface area contributed by atoms with Crippen LogP contribution in [-0.2, 0) is 0 Å². The lowest BCUT2D eigenvalue weighted by molar-refractivity contribution is 0.113. The van der Waals surface area contributed by atoms with Crippen molar-refractivity contribution in [3.63, 3.8) is 0 Å². The van der Waals surface area contributed by atoms with E-state index in [1.54, 1.807) is 0 Å². The van der Waals surface area contributed by atoms with E-state index in [1.807, 2.05) is 0 Å². The van der Waals surface area contributed by atoms with E-state index in [-0.39, 0.29) is 0 Å². The van der Waals surface area contributed by atoms with Crippen molar-refractivity contribution in [2.45, 2.75) is 53.0 Å². The van der Waals surface area contributed by atoms with E-state index < -0.39 is 0 Å². The lowest BCUT2D eigenvalue weighted by atomic mass is 9.93. The molecular formula is C11H23N. The fraction of sp³-hybridized carbons (Fsp3) is 1.00. The minimum Gasteiger partial charge on any atom is -0.300 e. The first-order valence-electron chi connectivity index (χ1n) is 5.23. The van der Waals surface area contributed by atoms with Crippen LogP contribution in [0.25, 0.3) is 0 Å². The first-order chi connectivity index (χ1) is 5.49. The van der Waals surface area contributed by atoms with E-state index in [1.165, 1.54) is 32.4 Å². The molecule has 0 N–H and O–H groups in total. The fourth-order valence-corrected chi connectivity index (χ4v) is 2.00. The predicted molar refractivity (Wildman–Crippen MR) is 54.3 cm³/mol. The Morgan fingerprint density at radius 3 is 2.42 bits per heavy atom. The minimum atomic E-state index is 0.464. The summed E-state index contributed by atoms with van der Waals surface area (Å²) in [5, 5.41) is 0. The maximum absolute atomic E-state index is 2.64. The van der Waals surface area contributed by atoms with Crippen molar-refractivity contribution < 1.29 is 0 Å². The van der Waals surface area contributed by atoms with Gasteiger partial charge in [-0.15, -0.1) is 0 Å². The Kier molecular flexibility index (Phi) is 3.16. The Hall–Kier alpha value is -0.0400. The highest BCUT2D eigenvalue weighted by Crippen LogP contribution is 2.22. The molecule has 0 radical (unpaired) electrons. The summed E-state index contributed by atoms with van der Waals surface area (Å²) in [5.41, 5.74) is 0.464. The molecule has 0 aromatic carbocycles. The van der Waals surface area contributed by atoms with Gasteiger partial charge >= 0.3 is 0 Å². The molecule has 0 amide bonds. The highest BCUT2D eigenvalue weighted by molar-refractivity contribution is 4.77. The lowest BCUT2D eigenvalue weighted by Crippen LogP contribution is -2.42. The van der Waals surface area contributed by atoms with Crippen molar-refractivity contribution in [2.75, 3.05) is 13.1 Å². The predicted octanol–water partition coefficient (Wildman–Crippen LogP) is 2.91. The molecule has 12 heavy (non-hydrogen) atoms. The normalized spacial score (nSPS) is 27.5. The minimum absolute atomic E-state index is 0.464. The molecule has 1 rings (SSSR count). The van der Waals surface area contributed by atoms with E-state index >= 15 is 0 Å². The van der Waals surface area contributed by atoms with Crippen LogP contribution in [0.15, 0.2) is 0 Å². The van der Waals surface area contributed by atoms with Crippen LogP contribution in [0.3, 0.4) is 0 Å². The van der Waals surface area contributed by atoms with Crippen molar-refractivity contribution in [3.8, 4) is 0 Å². The summed E-state index contributed by atoms with van der Waals surface area (Å²) >= 11 is 0. The second-order valence-corrected chi connectivity index (χ2v) is 5.38. The third-order valence-corrected chi connectivity index (χ3v) is 2.62. The molecule has 0 unspecified atom stereocenters. The second kappa shape index (κ2) is 3.78. The molecule has 0 aromatic heterocycles. The summed E-state index contributed by atoms with van der Waals surface area (Å²) in [7, 11) is 0. The van der Waals surface area contributed by atoms with Gasteiger partial charge in [-0.25, -0.2) is 0 Å². The molecule has 1 atom stereocenters. The Balaban J connectivity index is 2.39. The smallest absolute Gasteiger partial charge is 0.00671 e. The van der Waals surface area contributed by atoms with Crippen molar-refractivity contribution >= 4 is 0 Å². The Morgan fingerprint density at radius 1 is 1.25 bits per heavy atom. The first kappa shape index (κ1) is 10.0. The van der Waals surface area contributed by atoms with Gasteiger partial charge in [-0.3, -0.25) is 0 Å². The van der Waals surface area contributed by atoms with Crippen molar-refractivity contribution in [2.24, 2.45) is 5.41 Å². The van der Waals surface area contributed by atoms with Gasteiger partial charge in [-0.05, 0) is 31.7 Å². The second-order valence-electron chi connectivity index (χ2n) is 5.38. The number of nitrogens with zero attached hydrogens (tertiary/aromatic N) is 1. The Bertz CT molecular complexity index is 134. The first-order valence-corrected chi connectivity index (χ1v) is 5.23. The zero-order valence-electron chi connectivity index (χ0n) is 9.06. The van der Waals surface area contributed by atoms with Gasteiger partial charge in [0, 0.05) is 12.6 Å².